The third kappa shape index (κ3) is 1.55. The lowest BCUT2D eigenvalue weighted by Crippen LogP contribution is -2.45. The van der Waals surface area contributed by atoms with E-state index in [0.717, 1.165) is 0 Å². The van der Waals surface area contributed by atoms with Crippen LogP contribution in [0, 0.1) is 5.41 Å². The van der Waals surface area contributed by atoms with Crippen LogP contribution in [0.2, 0.25) is 5.02 Å². The van der Waals surface area contributed by atoms with Crippen LogP contribution in [-0.2, 0) is 11.8 Å². The molecular weight excluding hydrogens is 230 g/mol. The monoisotopic (exact) mass is 243 g/mol. The summed E-state index contributed by atoms with van der Waals surface area (Å²) in [6, 6.07) is -0.300. The van der Waals surface area contributed by atoms with Crippen molar-refractivity contribution in [2.24, 2.45) is 18.2 Å². The Morgan fingerprint density at radius 1 is 1.81 bits per heavy atom. The van der Waals surface area contributed by atoms with Crippen molar-refractivity contribution >= 4 is 17.4 Å². The molecule has 6 heteroatoms. The lowest BCUT2D eigenvalue weighted by molar-refractivity contribution is 0.0757. The van der Waals surface area contributed by atoms with Crippen LogP contribution in [0.1, 0.15) is 17.4 Å². The number of ether oxygens (including phenoxy) is 1. The first-order valence-corrected chi connectivity index (χ1v) is 5.40. The van der Waals surface area contributed by atoms with Gasteiger partial charge in [0.05, 0.1) is 29.8 Å². The Labute approximate surface area is 98.5 Å². The van der Waals surface area contributed by atoms with Gasteiger partial charge in [0.2, 0.25) is 0 Å². The number of Topliss-reactive ketones (excluding diaryl/α,β-unsaturated/α-hetero) is 1. The van der Waals surface area contributed by atoms with Gasteiger partial charge in [0.25, 0.3) is 0 Å². The molecule has 0 aliphatic carbocycles. The maximum absolute atomic E-state index is 12.4. The Balaban J connectivity index is 2.39. The Kier molecular flexibility index (Phi) is 2.77. The Morgan fingerprint density at radius 2 is 2.50 bits per heavy atom. The molecule has 16 heavy (non-hydrogen) atoms. The maximum atomic E-state index is 12.4. The average molecular weight is 244 g/mol. The summed E-state index contributed by atoms with van der Waals surface area (Å²) >= 11 is 5.94. The minimum Gasteiger partial charge on any atom is -0.379 e. The minimum absolute atomic E-state index is 0.109. The summed E-state index contributed by atoms with van der Waals surface area (Å²) in [5.74, 6) is -0.109. The number of hydrogen-bond acceptors (Lipinski definition) is 4. The highest BCUT2D eigenvalue weighted by atomic mass is 35.5. The van der Waals surface area contributed by atoms with Crippen LogP contribution in [-0.4, -0.2) is 34.8 Å². The van der Waals surface area contributed by atoms with Gasteiger partial charge in [-0.1, -0.05) is 11.6 Å². The predicted molar refractivity (Wildman–Crippen MR) is 59.4 cm³/mol. The van der Waals surface area contributed by atoms with Gasteiger partial charge in [-0.05, 0) is 6.92 Å². The van der Waals surface area contributed by atoms with Gasteiger partial charge in [-0.25, -0.2) is 0 Å². The van der Waals surface area contributed by atoms with Crippen LogP contribution in [0.25, 0.3) is 0 Å². The summed E-state index contributed by atoms with van der Waals surface area (Å²) in [6.07, 6.45) is 1.46. The highest BCUT2D eigenvalue weighted by Crippen LogP contribution is 2.33. The first kappa shape index (κ1) is 11.6. The van der Waals surface area contributed by atoms with Crippen molar-refractivity contribution < 1.29 is 9.53 Å². The van der Waals surface area contributed by atoms with Crippen LogP contribution in [0.3, 0.4) is 0 Å². The second kappa shape index (κ2) is 3.84. The molecule has 1 aromatic rings. The second-order valence-electron chi connectivity index (χ2n) is 4.33. The van der Waals surface area contributed by atoms with E-state index in [2.05, 4.69) is 5.10 Å². The lowest BCUT2D eigenvalue weighted by Gasteiger charge is -2.25. The molecule has 1 saturated heterocycles. The molecule has 0 aromatic carbocycles. The fourth-order valence-electron chi connectivity index (χ4n) is 1.86. The number of ketones is 1. The second-order valence-corrected chi connectivity index (χ2v) is 4.74. The van der Waals surface area contributed by atoms with E-state index in [-0.39, 0.29) is 11.8 Å². The first-order valence-electron chi connectivity index (χ1n) is 5.02. The number of nitrogens with zero attached hydrogens (tertiary/aromatic N) is 2. The number of aryl methyl sites for hydroxylation is 1. The van der Waals surface area contributed by atoms with Gasteiger partial charge >= 0.3 is 0 Å². The number of carbonyl (C=O) groups excluding carboxylic acids is 1. The number of carbonyl (C=O) groups is 1. The molecule has 0 saturated carbocycles. The largest absolute Gasteiger partial charge is 0.379 e. The van der Waals surface area contributed by atoms with E-state index in [0.29, 0.717) is 23.9 Å². The van der Waals surface area contributed by atoms with E-state index in [1.807, 2.05) is 0 Å². The van der Waals surface area contributed by atoms with Gasteiger partial charge in [0.15, 0.2) is 5.78 Å². The first-order chi connectivity index (χ1) is 7.47. The van der Waals surface area contributed by atoms with Crippen molar-refractivity contribution in [3.63, 3.8) is 0 Å². The zero-order valence-corrected chi connectivity index (χ0v) is 9.99. The van der Waals surface area contributed by atoms with Gasteiger partial charge in [-0.2, -0.15) is 5.10 Å². The van der Waals surface area contributed by atoms with E-state index >= 15 is 0 Å². The smallest absolute Gasteiger partial charge is 0.192 e. The van der Waals surface area contributed by atoms with Gasteiger partial charge in [-0.15, -0.1) is 0 Å². The van der Waals surface area contributed by atoms with Crippen LogP contribution < -0.4 is 5.73 Å². The summed E-state index contributed by atoms with van der Waals surface area (Å²) in [4.78, 5) is 12.4. The molecule has 2 atom stereocenters. The molecule has 2 heterocycles. The Hall–Kier alpha value is -0.910. The SMILES string of the molecule is Cn1ncc(Cl)c1C(=O)C1(C)COCC1N. The summed E-state index contributed by atoms with van der Waals surface area (Å²) in [5.41, 5.74) is 5.58. The topological polar surface area (TPSA) is 70.1 Å². The molecule has 1 aliphatic heterocycles. The van der Waals surface area contributed by atoms with Gasteiger partial charge in [0, 0.05) is 13.1 Å². The number of halogens is 1. The van der Waals surface area contributed by atoms with Crippen molar-refractivity contribution in [1.82, 2.24) is 9.78 Å². The molecule has 0 amide bonds. The number of rotatable bonds is 2. The molecule has 1 aliphatic rings. The fourth-order valence-corrected chi connectivity index (χ4v) is 2.11. The van der Waals surface area contributed by atoms with Crippen LogP contribution in [0.5, 0.6) is 0 Å². The summed E-state index contributed by atoms with van der Waals surface area (Å²) in [6.45, 7) is 2.53. The maximum Gasteiger partial charge on any atom is 0.192 e. The van der Waals surface area contributed by atoms with Gasteiger partial charge < -0.3 is 10.5 Å². The lowest BCUT2D eigenvalue weighted by atomic mass is 9.80. The van der Waals surface area contributed by atoms with Crippen molar-refractivity contribution in [2.75, 3.05) is 13.2 Å². The van der Waals surface area contributed by atoms with Crippen LogP contribution in [0.4, 0.5) is 0 Å². The number of aromatic nitrogens is 2. The normalized spacial score (nSPS) is 29.6. The fraction of sp³-hybridized carbons (Fsp3) is 0.600. The van der Waals surface area contributed by atoms with E-state index in [9.17, 15) is 4.79 Å². The molecule has 2 N–H and O–H groups in total. The van der Waals surface area contributed by atoms with Crippen LogP contribution >= 0.6 is 11.6 Å². The van der Waals surface area contributed by atoms with Gasteiger partial charge in [-0.3, -0.25) is 9.48 Å². The highest BCUT2D eigenvalue weighted by Gasteiger charge is 2.46. The molecule has 2 rings (SSSR count). The molecule has 1 fully saturated rings. The van der Waals surface area contributed by atoms with Crippen molar-refractivity contribution in [3.05, 3.63) is 16.9 Å². The van der Waals surface area contributed by atoms with E-state index in [4.69, 9.17) is 22.1 Å². The number of hydrogen-bond donors (Lipinski definition) is 1. The average Bonchev–Trinajstić information content (AvgIpc) is 2.73. The highest BCUT2D eigenvalue weighted by molar-refractivity contribution is 6.33. The zero-order chi connectivity index (χ0) is 11.9. The Morgan fingerprint density at radius 3 is 2.94 bits per heavy atom. The van der Waals surface area contributed by atoms with Crippen molar-refractivity contribution in [2.45, 2.75) is 13.0 Å². The third-order valence-electron chi connectivity index (χ3n) is 3.15. The molecule has 5 nitrogen and oxygen atoms in total. The summed E-state index contributed by atoms with van der Waals surface area (Å²) in [5, 5.41) is 4.30. The van der Waals surface area contributed by atoms with Gasteiger partial charge in [0.1, 0.15) is 5.69 Å². The van der Waals surface area contributed by atoms with Crippen molar-refractivity contribution in [3.8, 4) is 0 Å². The molecule has 0 bridgehead atoms. The zero-order valence-electron chi connectivity index (χ0n) is 9.24. The molecule has 0 spiro atoms. The summed E-state index contributed by atoms with van der Waals surface area (Å²) < 4.78 is 6.73. The molecule has 0 radical (unpaired) electrons. The standard InChI is InChI=1S/C10H14ClN3O2/c1-10(5-16-4-7(10)12)9(15)8-6(11)3-13-14(8)2/h3,7H,4-5,12H2,1-2H3. The number of nitrogens with two attached hydrogens (primary N) is 1. The summed E-state index contributed by atoms with van der Waals surface area (Å²) in [7, 11) is 1.68. The van der Waals surface area contributed by atoms with E-state index < -0.39 is 5.41 Å². The Bertz CT molecular complexity index is 412. The molecule has 2 unspecified atom stereocenters. The van der Waals surface area contributed by atoms with E-state index in [1.54, 1.807) is 14.0 Å². The van der Waals surface area contributed by atoms with Crippen LogP contribution in [0.15, 0.2) is 6.20 Å². The minimum atomic E-state index is -0.711. The third-order valence-corrected chi connectivity index (χ3v) is 3.42. The molecular formula is C10H14ClN3O2. The quantitative estimate of drug-likeness (QED) is 0.773. The van der Waals surface area contributed by atoms with Crippen molar-refractivity contribution in [1.29, 1.82) is 0 Å². The van der Waals surface area contributed by atoms with E-state index in [1.165, 1.54) is 10.9 Å². The molecule has 1 aromatic heterocycles. The predicted octanol–water partition coefficient (Wildman–Crippen LogP) is 0.620. The molecule has 88 valence electrons.